The number of imidazole rings is 1. The van der Waals surface area contributed by atoms with Crippen molar-refractivity contribution in [1.82, 2.24) is 20.2 Å². The Morgan fingerprint density at radius 3 is 2.67 bits per heavy atom. The van der Waals surface area contributed by atoms with Gasteiger partial charge in [-0.05, 0) is 19.7 Å². The number of nitrogens with zero attached hydrogens (tertiary/aromatic N) is 2. The van der Waals surface area contributed by atoms with Gasteiger partial charge in [0.2, 0.25) is 0 Å². The Kier molecular flexibility index (Phi) is 4.50. The summed E-state index contributed by atoms with van der Waals surface area (Å²) in [7, 11) is 4.21. The van der Waals surface area contributed by atoms with Crippen LogP contribution >= 0.6 is 0 Å². The molecular weight excluding hydrogens is 224 g/mol. The zero-order valence-electron chi connectivity index (χ0n) is 10.9. The fraction of sp³-hybridized carbons (Fsp3) is 0.357. The zero-order valence-corrected chi connectivity index (χ0v) is 10.9. The second kappa shape index (κ2) is 6.33. The molecule has 0 fully saturated rings. The molecule has 18 heavy (non-hydrogen) atoms. The third-order valence-electron chi connectivity index (χ3n) is 3.02. The number of hydrogen-bond acceptors (Lipinski definition) is 3. The standard InChI is InChI=1S/C14H20N4/c1-18(2)14(12-6-4-3-5-7-12)10-15-8-13-9-16-11-17-13/h3-7,9,11,14-15H,8,10H2,1-2H3,(H,16,17). The smallest absolute Gasteiger partial charge is 0.0922 e. The maximum atomic E-state index is 4.01. The minimum absolute atomic E-state index is 0.383. The Morgan fingerprint density at radius 2 is 2.06 bits per heavy atom. The number of nitrogens with one attached hydrogen (secondary N) is 2. The van der Waals surface area contributed by atoms with Gasteiger partial charge in [0.05, 0.1) is 6.33 Å². The summed E-state index contributed by atoms with van der Waals surface area (Å²) in [6, 6.07) is 10.9. The van der Waals surface area contributed by atoms with Crippen LogP contribution in [0.25, 0.3) is 0 Å². The first-order valence-corrected chi connectivity index (χ1v) is 6.16. The lowest BCUT2D eigenvalue weighted by molar-refractivity contribution is 0.288. The predicted octanol–water partition coefficient (Wildman–Crippen LogP) is 1.80. The van der Waals surface area contributed by atoms with Crippen LogP contribution in [0.2, 0.25) is 0 Å². The van der Waals surface area contributed by atoms with Gasteiger partial charge in [-0.2, -0.15) is 0 Å². The van der Waals surface area contributed by atoms with E-state index in [1.165, 1.54) is 5.56 Å². The number of aromatic amines is 1. The molecule has 0 spiro atoms. The van der Waals surface area contributed by atoms with Crippen molar-refractivity contribution < 1.29 is 0 Å². The molecular formula is C14H20N4. The van der Waals surface area contributed by atoms with E-state index in [0.717, 1.165) is 18.8 Å². The number of benzene rings is 1. The van der Waals surface area contributed by atoms with Crippen LogP contribution in [0, 0.1) is 0 Å². The van der Waals surface area contributed by atoms with Crippen molar-refractivity contribution in [2.24, 2.45) is 0 Å². The molecule has 2 aromatic rings. The van der Waals surface area contributed by atoms with E-state index in [4.69, 9.17) is 0 Å². The van der Waals surface area contributed by atoms with Gasteiger partial charge in [-0.1, -0.05) is 30.3 Å². The van der Waals surface area contributed by atoms with E-state index in [2.05, 4.69) is 58.5 Å². The largest absolute Gasteiger partial charge is 0.347 e. The Balaban J connectivity index is 1.91. The molecule has 96 valence electrons. The molecule has 0 saturated heterocycles. The number of rotatable bonds is 6. The summed E-state index contributed by atoms with van der Waals surface area (Å²) in [5.74, 6) is 0. The summed E-state index contributed by atoms with van der Waals surface area (Å²) >= 11 is 0. The van der Waals surface area contributed by atoms with Crippen molar-refractivity contribution in [2.45, 2.75) is 12.6 Å². The number of aromatic nitrogens is 2. The molecule has 0 saturated carbocycles. The van der Waals surface area contributed by atoms with Crippen LogP contribution in [-0.4, -0.2) is 35.5 Å². The third-order valence-corrected chi connectivity index (χ3v) is 3.02. The van der Waals surface area contributed by atoms with E-state index < -0.39 is 0 Å². The second-order valence-corrected chi connectivity index (χ2v) is 4.60. The van der Waals surface area contributed by atoms with Crippen LogP contribution in [0.15, 0.2) is 42.9 Å². The first-order chi connectivity index (χ1) is 8.77. The van der Waals surface area contributed by atoms with Gasteiger partial charge in [0.1, 0.15) is 0 Å². The van der Waals surface area contributed by atoms with Crippen molar-refractivity contribution in [3.63, 3.8) is 0 Å². The normalized spacial score (nSPS) is 12.8. The maximum absolute atomic E-state index is 4.01. The minimum Gasteiger partial charge on any atom is -0.347 e. The molecule has 0 aliphatic rings. The van der Waals surface area contributed by atoms with Gasteiger partial charge in [0.25, 0.3) is 0 Å². The second-order valence-electron chi connectivity index (χ2n) is 4.60. The van der Waals surface area contributed by atoms with E-state index in [-0.39, 0.29) is 0 Å². The summed E-state index contributed by atoms with van der Waals surface area (Å²) < 4.78 is 0. The highest BCUT2D eigenvalue weighted by atomic mass is 15.1. The summed E-state index contributed by atoms with van der Waals surface area (Å²) in [6.07, 6.45) is 3.55. The first-order valence-electron chi connectivity index (χ1n) is 6.16. The molecule has 0 radical (unpaired) electrons. The zero-order chi connectivity index (χ0) is 12.8. The topological polar surface area (TPSA) is 44.0 Å². The van der Waals surface area contributed by atoms with Crippen molar-refractivity contribution in [1.29, 1.82) is 0 Å². The maximum Gasteiger partial charge on any atom is 0.0922 e. The summed E-state index contributed by atoms with van der Waals surface area (Å²) in [6.45, 7) is 1.73. The van der Waals surface area contributed by atoms with Crippen LogP contribution < -0.4 is 5.32 Å². The molecule has 2 rings (SSSR count). The molecule has 0 amide bonds. The lowest BCUT2D eigenvalue weighted by Crippen LogP contribution is -2.30. The van der Waals surface area contributed by atoms with Gasteiger partial charge in [-0.15, -0.1) is 0 Å². The molecule has 0 aliphatic heterocycles. The molecule has 1 aromatic heterocycles. The van der Waals surface area contributed by atoms with Gasteiger partial charge in [0, 0.05) is 31.0 Å². The van der Waals surface area contributed by atoms with Gasteiger partial charge < -0.3 is 15.2 Å². The molecule has 1 heterocycles. The monoisotopic (exact) mass is 244 g/mol. The highest BCUT2D eigenvalue weighted by molar-refractivity contribution is 5.19. The molecule has 4 heteroatoms. The van der Waals surface area contributed by atoms with E-state index >= 15 is 0 Å². The van der Waals surface area contributed by atoms with Crippen LogP contribution in [0.1, 0.15) is 17.3 Å². The van der Waals surface area contributed by atoms with E-state index in [9.17, 15) is 0 Å². The quantitative estimate of drug-likeness (QED) is 0.814. The van der Waals surface area contributed by atoms with E-state index in [1.807, 2.05) is 12.3 Å². The van der Waals surface area contributed by atoms with Crippen LogP contribution in [0.3, 0.4) is 0 Å². The summed E-state index contributed by atoms with van der Waals surface area (Å²) in [5, 5.41) is 3.45. The van der Waals surface area contributed by atoms with Crippen LogP contribution in [0.4, 0.5) is 0 Å². The highest BCUT2D eigenvalue weighted by Crippen LogP contribution is 2.16. The summed E-state index contributed by atoms with van der Waals surface area (Å²) in [4.78, 5) is 9.33. The molecule has 1 unspecified atom stereocenters. The number of hydrogen-bond donors (Lipinski definition) is 2. The van der Waals surface area contributed by atoms with Crippen LogP contribution in [0.5, 0.6) is 0 Å². The molecule has 1 atom stereocenters. The molecule has 4 nitrogen and oxygen atoms in total. The number of H-pyrrole nitrogens is 1. The fourth-order valence-electron chi connectivity index (χ4n) is 2.00. The van der Waals surface area contributed by atoms with Crippen molar-refractivity contribution >= 4 is 0 Å². The van der Waals surface area contributed by atoms with Crippen molar-refractivity contribution in [3.8, 4) is 0 Å². The Bertz CT molecular complexity index is 436. The SMILES string of the molecule is CN(C)C(CNCc1cnc[nH]1)c1ccccc1. The lowest BCUT2D eigenvalue weighted by Gasteiger charge is -2.25. The van der Waals surface area contributed by atoms with Crippen LogP contribution in [-0.2, 0) is 6.54 Å². The predicted molar refractivity (Wildman–Crippen MR) is 73.2 cm³/mol. The number of likely N-dealkylation sites (N-methyl/N-ethyl adjacent to an activating group) is 1. The van der Waals surface area contributed by atoms with Gasteiger partial charge >= 0.3 is 0 Å². The molecule has 1 aromatic carbocycles. The Morgan fingerprint density at radius 1 is 1.28 bits per heavy atom. The van der Waals surface area contributed by atoms with Gasteiger partial charge in [-0.25, -0.2) is 4.98 Å². The van der Waals surface area contributed by atoms with Crippen molar-refractivity contribution in [2.75, 3.05) is 20.6 Å². The first kappa shape index (κ1) is 12.8. The molecule has 0 bridgehead atoms. The van der Waals surface area contributed by atoms with E-state index in [1.54, 1.807) is 6.33 Å². The highest BCUT2D eigenvalue weighted by Gasteiger charge is 2.12. The van der Waals surface area contributed by atoms with E-state index in [0.29, 0.717) is 6.04 Å². The minimum atomic E-state index is 0.383. The summed E-state index contributed by atoms with van der Waals surface area (Å²) in [5.41, 5.74) is 2.44. The van der Waals surface area contributed by atoms with Crippen molar-refractivity contribution in [3.05, 3.63) is 54.1 Å². The van der Waals surface area contributed by atoms with Gasteiger partial charge in [-0.3, -0.25) is 0 Å². The fourth-order valence-corrected chi connectivity index (χ4v) is 2.00. The Labute approximate surface area is 108 Å². The average molecular weight is 244 g/mol. The third kappa shape index (κ3) is 3.42. The molecule has 0 aliphatic carbocycles. The Hall–Kier alpha value is -1.65. The molecule has 2 N–H and O–H groups in total. The lowest BCUT2D eigenvalue weighted by atomic mass is 10.1. The average Bonchev–Trinajstić information content (AvgIpc) is 2.88. The van der Waals surface area contributed by atoms with Gasteiger partial charge in [0.15, 0.2) is 0 Å².